The van der Waals surface area contributed by atoms with Crippen LogP contribution in [0.5, 0.6) is 0 Å². The fourth-order valence-corrected chi connectivity index (χ4v) is 10.2. The maximum Gasteiger partial charge on any atom is 0.353 e. The number of imidazole rings is 1. The summed E-state index contributed by atoms with van der Waals surface area (Å²) in [6.07, 6.45) is 8.33. The lowest BCUT2D eigenvalue weighted by molar-refractivity contribution is -0.129. The monoisotopic (exact) mass is 1120 g/mol. The molecule has 4 amide bonds. The zero-order valence-electron chi connectivity index (χ0n) is 43.4. The number of carbonyl (C=O) groups is 5. The van der Waals surface area contributed by atoms with Crippen molar-refractivity contribution >= 4 is 84.3 Å². The van der Waals surface area contributed by atoms with Gasteiger partial charge in [-0.25, -0.2) is 14.8 Å². The summed E-state index contributed by atoms with van der Waals surface area (Å²) in [4.78, 5) is 88.2. The molecule has 0 aliphatic rings. The number of pyridine rings is 2. The smallest absolute Gasteiger partial charge is 0.353 e. The van der Waals surface area contributed by atoms with Gasteiger partial charge < -0.3 is 46.0 Å². The highest BCUT2D eigenvalue weighted by atomic mass is 32.2. The van der Waals surface area contributed by atoms with Crippen molar-refractivity contribution in [3.63, 3.8) is 0 Å². The molecule has 418 valence electrons. The summed E-state index contributed by atoms with van der Waals surface area (Å²) in [7, 11) is -8.95. The minimum atomic E-state index is -4.51. The average Bonchev–Trinajstić information content (AvgIpc) is 4.02. The Labute approximate surface area is 454 Å². The average molecular weight is 1130 g/mol. The van der Waals surface area contributed by atoms with Crippen molar-refractivity contribution in [1.29, 1.82) is 0 Å². The van der Waals surface area contributed by atoms with Crippen LogP contribution in [0.25, 0.3) is 10.9 Å². The number of amides is 4. The Balaban J connectivity index is 0.911. The highest BCUT2D eigenvalue weighted by Gasteiger charge is 2.24. The molecule has 0 saturated carbocycles. The predicted molar refractivity (Wildman–Crippen MR) is 293 cm³/mol. The van der Waals surface area contributed by atoms with Gasteiger partial charge >= 0.3 is 5.97 Å². The predicted octanol–water partition coefficient (Wildman–Crippen LogP) is 3.62. The quantitative estimate of drug-likeness (QED) is 0.0140. The molecule has 3 aromatic carbocycles. The third-order valence-corrected chi connectivity index (χ3v) is 14.3. The van der Waals surface area contributed by atoms with Gasteiger partial charge in [0, 0.05) is 94.5 Å². The second kappa shape index (κ2) is 28.1. The molecule has 0 bridgehead atoms. The van der Waals surface area contributed by atoms with Gasteiger partial charge in [-0.15, -0.1) is 0 Å². The number of benzene rings is 3. The standard InChI is InChI=1S/C52H60N12O13S2/c1-33-25-34(2)48(35(3)26-33)78(72,73)63-41(51(70)71)31-59-50(69)40-32-64(42-27-36(11-13-39(42)47(40)67)28-60-52-56-20-21-57-52)22-6-17-53-45(65)15-16-46(66)54-18-7-23-77-24-8-19-55-49(68)38-12-14-44(58-29-38)62-61-30-37-9-4-5-10-43(37)79(74,75)76/h4-5,9-14,20-21,25-27,29-30,32H,6-8,15-19,22-24,28,31H2,1-3H3,(H,53,65)(H,54,66)(H,55,68)(H,58,62)(H,59,69)(H,70,71)(H2,56,57,60)(H,74,75,76)/b61-30+,63-41+. The molecule has 0 saturated heterocycles. The Morgan fingerprint density at radius 3 is 2.14 bits per heavy atom. The maximum atomic E-state index is 13.8. The number of fused-ring (bicyclic) bond motifs is 1. The number of hydrogen-bond acceptors (Lipinski definition) is 16. The zero-order valence-corrected chi connectivity index (χ0v) is 45.0. The third-order valence-electron chi connectivity index (χ3n) is 11.7. The van der Waals surface area contributed by atoms with Gasteiger partial charge in [0.2, 0.25) is 17.2 Å². The van der Waals surface area contributed by atoms with Crippen molar-refractivity contribution in [3.05, 3.63) is 141 Å². The lowest BCUT2D eigenvalue weighted by Crippen LogP contribution is -2.36. The first-order chi connectivity index (χ1) is 37.7. The number of hydrogen-bond donors (Lipinski definition) is 9. The Hall–Kier alpha value is -8.66. The maximum absolute atomic E-state index is 13.8. The van der Waals surface area contributed by atoms with Crippen LogP contribution in [-0.2, 0) is 52.4 Å². The molecule has 27 heteroatoms. The molecular formula is C52H60N12O13S2. The summed E-state index contributed by atoms with van der Waals surface area (Å²) in [5, 5.41) is 27.8. The van der Waals surface area contributed by atoms with Gasteiger partial charge in [-0.2, -0.15) is 26.3 Å². The molecule has 79 heavy (non-hydrogen) atoms. The first-order valence-electron chi connectivity index (χ1n) is 24.7. The lowest BCUT2D eigenvalue weighted by Gasteiger charge is -2.15. The molecular weight excluding hydrogens is 1060 g/mol. The number of ether oxygens (including phenoxy) is 1. The van der Waals surface area contributed by atoms with E-state index in [1.807, 2.05) is 0 Å². The van der Waals surface area contributed by atoms with E-state index in [0.29, 0.717) is 80.3 Å². The fraction of sp³-hybridized carbons (Fsp3) is 0.308. The molecule has 9 N–H and O–H groups in total. The van der Waals surface area contributed by atoms with Crippen LogP contribution in [0.1, 0.15) is 80.6 Å². The Bertz CT molecular complexity index is 3510. The van der Waals surface area contributed by atoms with E-state index >= 15 is 0 Å². The number of nitrogens with zero attached hydrogens (tertiary/aromatic N) is 5. The summed E-state index contributed by atoms with van der Waals surface area (Å²) in [6, 6.07) is 17.1. The number of carboxylic acid groups (broad SMARTS) is 1. The van der Waals surface area contributed by atoms with Crippen molar-refractivity contribution in [2.24, 2.45) is 9.50 Å². The van der Waals surface area contributed by atoms with Gasteiger partial charge in [0.1, 0.15) is 16.3 Å². The summed E-state index contributed by atoms with van der Waals surface area (Å²) >= 11 is 0. The number of sulfonamides is 1. The van der Waals surface area contributed by atoms with Crippen molar-refractivity contribution < 1.29 is 55.2 Å². The number of carboxylic acids is 1. The number of anilines is 2. The van der Waals surface area contributed by atoms with E-state index in [-0.39, 0.29) is 75.8 Å². The molecule has 0 aliphatic carbocycles. The largest absolute Gasteiger partial charge is 0.477 e. The minimum Gasteiger partial charge on any atom is -0.477 e. The van der Waals surface area contributed by atoms with Gasteiger partial charge in [0.25, 0.3) is 32.0 Å². The van der Waals surface area contributed by atoms with Crippen molar-refractivity contribution in [1.82, 2.24) is 40.8 Å². The van der Waals surface area contributed by atoms with E-state index in [9.17, 15) is 55.3 Å². The SMILES string of the molecule is Cc1cc(C)c(S(=O)(=O)/N=C(\CNC(=O)c2cn(CCCNC(=O)CCC(=O)NCCCOCCCNC(=O)c3ccc(N/N=C/c4ccccc4S(=O)(=O)O)nc3)c3cc(CNc4ncc[nH]4)ccc3c2=O)C(=O)O)c(C)c1. The summed E-state index contributed by atoms with van der Waals surface area (Å²) in [5.74, 6) is -2.90. The Morgan fingerprint density at radius 2 is 1.49 bits per heavy atom. The van der Waals surface area contributed by atoms with Crippen LogP contribution in [0, 0.1) is 20.8 Å². The number of aliphatic carboxylic acids is 1. The molecule has 3 aromatic heterocycles. The number of aromatic nitrogens is 4. The van der Waals surface area contributed by atoms with Crippen molar-refractivity contribution in [3.8, 4) is 0 Å². The van der Waals surface area contributed by atoms with E-state index < -0.39 is 49.7 Å². The minimum absolute atomic E-state index is 0.0626. The van der Waals surface area contributed by atoms with Crippen LogP contribution in [0.4, 0.5) is 11.8 Å². The second-order valence-corrected chi connectivity index (χ2v) is 20.8. The number of aryl methyl sites for hydroxylation is 4. The first kappa shape index (κ1) is 59.6. The Morgan fingerprint density at radius 1 is 0.810 bits per heavy atom. The third kappa shape index (κ3) is 17.7. The van der Waals surface area contributed by atoms with Crippen LogP contribution in [-0.4, -0.2) is 127 Å². The van der Waals surface area contributed by atoms with Crippen LogP contribution in [0.3, 0.4) is 0 Å². The number of hydrazone groups is 1. The van der Waals surface area contributed by atoms with Crippen LogP contribution in [0.15, 0.2) is 116 Å². The lowest BCUT2D eigenvalue weighted by atomic mass is 10.1. The van der Waals surface area contributed by atoms with E-state index in [1.165, 1.54) is 48.9 Å². The van der Waals surface area contributed by atoms with Crippen LogP contribution < -0.4 is 37.4 Å². The fourth-order valence-electron chi connectivity index (χ4n) is 8.06. The molecule has 0 fully saturated rings. The summed E-state index contributed by atoms with van der Waals surface area (Å²) < 4.78 is 70.0. The summed E-state index contributed by atoms with van der Waals surface area (Å²) in [5.41, 5.74) is 4.00. The first-order valence-corrected chi connectivity index (χ1v) is 27.6. The molecule has 6 rings (SSSR count). The Kier molecular flexibility index (Phi) is 21.2. The second-order valence-electron chi connectivity index (χ2n) is 17.9. The number of nitrogens with one attached hydrogen (secondary N) is 7. The summed E-state index contributed by atoms with van der Waals surface area (Å²) in [6.45, 7) is 6.14. The zero-order chi connectivity index (χ0) is 57.1. The molecule has 0 atom stereocenters. The van der Waals surface area contributed by atoms with E-state index in [0.717, 1.165) is 11.1 Å². The van der Waals surface area contributed by atoms with E-state index in [4.69, 9.17) is 4.74 Å². The van der Waals surface area contributed by atoms with Gasteiger partial charge in [0.15, 0.2) is 11.7 Å². The molecule has 0 aliphatic heterocycles. The van der Waals surface area contributed by atoms with Crippen molar-refractivity contribution in [2.75, 3.05) is 50.1 Å². The van der Waals surface area contributed by atoms with Gasteiger partial charge in [-0.05, 0) is 87.1 Å². The number of carbonyl (C=O) groups excluding carboxylic acids is 4. The van der Waals surface area contributed by atoms with E-state index in [2.05, 4.69) is 56.5 Å². The van der Waals surface area contributed by atoms with Gasteiger partial charge in [-0.1, -0.05) is 42.0 Å². The number of rotatable bonds is 29. The highest BCUT2D eigenvalue weighted by molar-refractivity contribution is 7.90. The topological polar surface area (TPSA) is 364 Å². The van der Waals surface area contributed by atoms with Crippen LogP contribution >= 0.6 is 0 Å². The van der Waals surface area contributed by atoms with Crippen molar-refractivity contribution in [2.45, 2.75) is 75.8 Å². The number of H-pyrrole nitrogens is 1. The molecule has 0 radical (unpaired) electrons. The van der Waals surface area contributed by atoms with Gasteiger partial charge in [0.05, 0.1) is 28.7 Å². The van der Waals surface area contributed by atoms with Crippen LogP contribution in [0.2, 0.25) is 0 Å². The molecule has 25 nitrogen and oxygen atoms in total. The van der Waals surface area contributed by atoms with Gasteiger partial charge in [-0.3, -0.25) is 34.0 Å². The highest BCUT2D eigenvalue weighted by Crippen LogP contribution is 2.24. The molecule has 6 aromatic rings. The normalized spacial score (nSPS) is 11.8. The molecule has 0 unspecified atom stereocenters. The molecule has 0 spiro atoms. The number of aromatic amines is 1. The van der Waals surface area contributed by atoms with E-state index in [1.54, 1.807) is 74.1 Å². The molecule has 3 heterocycles.